The predicted molar refractivity (Wildman–Crippen MR) is 107 cm³/mol. The van der Waals surface area contributed by atoms with E-state index in [1.54, 1.807) is 12.4 Å². The Balaban J connectivity index is 1.97. The third kappa shape index (κ3) is 4.12. The van der Waals surface area contributed by atoms with Crippen LogP contribution in [0.1, 0.15) is 31.1 Å². The van der Waals surface area contributed by atoms with Crippen LogP contribution in [-0.2, 0) is 0 Å². The SMILES string of the molecule is CCNc1c(C(=O)NCC(F)C(C)(C)O)cnc2ccc(-c3cn[nH]c3)cc12. The average molecular weight is 385 g/mol. The first-order valence-corrected chi connectivity index (χ1v) is 9.11. The number of H-pyrrole nitrogens is 1. The van der Waals surface area contributed by atoms with Crippen LogP contribution in [0.25, 0.3) is 22.0 Å². The van der Waals surface area contributed by atoms with Gasteiger partial charge in [-0.3, -0.25) is 14.9 Å². The molecule has 0 aliphatic rings. The number of anilines is 1. The molecule has 28 heavy (non-hydrogen) atoms. The second kappa shape index (κ2) is 7.93. The molecule has 1 unspecified atom stereocenters. The maximum absolute atomic E-state index is 14.0. The number of nitrogens with zero attached hydrogens (tertiary/aromatic N) is 2. The molecule has 2 heterocycles. The van der Waals surface area contributed by atoms with Crippen LogP contribution < -0.4 is 10.6 Å². The van der Waals surface area contributed by atoms with E-state index < -0.39 is 17.7 Å². The molecule has 0 spiro atoms. The van der Waals surface area contributed by atoms with Gasteiger partial charge in [-0.2, -0.15) is 5.10 Å². The number of carbonyl (C=O) groups is 1. The number of aromatic nitrogens is 3. The van der Waals surface area contributed by atoms with Crippen molar-refractivity contribution in [3.05, 3.63) is 42.4 Å². The summed E-state index contributed by atoms with van der Waals surface area (Å²) in [5, 5.41) is 23.0. The molecule has 1 atom stereocenters. The highest BCUT2D eigenvalue weighted by atomic mass is 19.1. The van der Waals surface area contributed by atoms with Crippen LogP contribution in [0.4, 0.5) is 10.1 Å². The van der Waals surface area contributed by atoms with Gasteiger partial charge in [-0.15, -0.1) is 0 Å². The zero-order valence-corrected chi connectivity index (χ0v) is 16.1. The van der Waals surface area contributed by atoms with Crippen molar-refractivity contribution in [3.8, 4) is 11.1 Å². The van der Waals surface area contributed by atoms with Gasteiger partial charge < -0.3 is 15.7 Å². The van der Waals surface area contributed by atoms with Crippen LogP contribution in [0, 0.1) is 0 Å². The van der Waals surface area contributed by atoms with Crippen molar-refractivity contribution in [2.45, 2.75) is 32.5 Å². The number of rotatable bonds is 7. The fraction of sp³-hybridized carbons (Fsp3) is 0.350. The number of hydrogen-bond acceptors (Lipinski definition) is 5. The van der Waals surface area contributed by atoms with Crippen LogP contribution in [0.5, 0.6) is 0 Å². The maximum atomic E-state index is 14.0. The second-order valence-corrected chi connectivity index (χ2v) is 7.13. The number of aromatic amines is 1. The lowest BCUT2D eigenvalue weighted by molar-refractivity contribution is -0.00177. The van der Waals surface area contributed by atoms with E-state index in [4.69, 9.17) is 0 Å². The summed E-state index contributed by atoms with van der Waals surface area (Å²) in [4.78, 5) is 17.1. The Hall–Kier alpha value is -3.00. The van der Waals surface area contributed by atoms with E-state index in [1.807, 2.05) is 25.1 Å². The van der Waals surface area contributed by atoms with E-state index >= 15 is 0 Å². The van der Waals surface area contributed by atoms with E-state index in [0.29, 0.717) is 17.8 Å². The van der Waals surface area contributed by atoms with Crippen molar-refractivity contribution in [2.24, 2.45) is 0 Å². The lowest BCUT2D eigenvalue weighted by atomic mass is 10.0. The van der Waals surface area contributed by atoms with E-state index in [-0.39, 0.29) is 6.54 Å². The Morgan fingerprint density at radius 1 is 1.32 bits per heavy atom. The fourth-order valence-corrected chi connectivity index (χ4v) is 2.85. The van der Waals surface area contributed by atoms with Crippen molar-refractivity contribution in [3.63, 3.8) is 0 Å². The summed E-state index contributed by atoms with van der Waals surface area (Å²) in [6.07, 6.45) is 3.40. The van der Waals surface area contributed by atoms with Crippen molar-refractivity contribution in [2.75, 3.05) is 18.4 Å². The molecule has 3 rings (SSSR count). The zero-order chi connectivity index (χ0) is 20.3. The Labute approximate surface area is 162 Å². The van der Waals surface area contributed by atoms with Gasteiger partial charge in [0.05, 0.1) is 35.1 Å². The van der Waals surface area contributed by atoms with Crippen LogP contribution in [0.15, 0.2) is 36.8 Å². The number of benzene rings is 1. The Bertz CT molecular complexity index is 967. The van der Waals surface area contributed by atoms with E-state index in [1.165, 1.54) is 20.0 Å². The molecule has 0 aliphatic heterocycles. The fourth-order valence-electron chi connectivity index (χ4n) is 2.85. The van der Waals surface area contributed by atoms with Gasteiger partial charge in [0.15, 0.2) is 0 Å². The lowest BCUT2D eigenvalue weighted by Gasteiger charge is -2.22. The highest BCUT2D eigenvalue weighted by molar-refractivity contribution is 6.07. The number of alkyl halides is 1. The normalized spacial score (nSPS) is 12.8. The first-order valence-electron chi connectivity index (χ1n) is 9.11. The zero-order valence-electron chi connectivity index (χ0n) is 16.1. The Kier molecular flexibility index (Phi) is 5.60. The minimum absolute atomic E-state index is 0.291. The number of halogens is 1. The minimum Gasteiger partial charge on any atom is -0.387 e. The summed E-state index contributed by atoms with van der Waals surface area (Å²) >= 11 is 0. The molecule has 3 aromatic rings. The first-order chi connectivity index (χ1) is 13.3. The molecule has 7 nitrogen and oxygen atoms in total. The molecule has 0 saturated heterocycles. The van der Waals surface area contributed by atoms with Gasteiger partial charge in [0.1, 0.15) is 6.17 Å². The molecular formula is C20H24FN5O2. The summed E-state index contributed by atoms with van der Waals surface area (Å²) in [6.45, 7) is 4.97. The van der Waals surface area contributed by atoms with Gasteiger partial charge >= 0.3 is 0 Å². The summed E-state index contributed by atoms with van der Waals surface area (Å²) in [5.41, 5.74) is 2.02. The average Bonchev–Trinajstić information content (AvgIpc) is 3.20. The van der Waals surface area contributed by atoms with Crippen molar-refractivity contribution >= 4 is 22.5 Å². The van der Waals surface area contributed by atoms with Crippen molar-refractivity contribution in [1.29, 1.82) is 0 Å². The van der Waals surface area contributed by atoms with E-state index in [2.05, 4.69) is 25.8 Å². The quantitative estimate of drug-likeness (QED) is 0.501. The number of fused-ring (bicyclic) bond motifs is 1. The van der Waals surface area contributed by atoms with E-state index in [9.17, 15) is 14.3 Å². The van der Waals surface area contributed by atoms with Gasteiger partial charge in [0.25, 0.3) is 5.91 Å². The largest absolute Gasteiger partial charge is 0.387 e. The van der Waals surface area contributed by atoms with E-state index in [0.717, 1.165) is 22.0 Å². The van der Waals surface area contributed by atoms with Crippen molar-refractivity contribution in [1.82, 2.24) is 20.5 Å². The number of aliphatic hydroxyl groups is 1. The molecule has 0 radical (unpaired) electrons. The molecule has 0 bridgehead atoms. The van der Waals surface area contributed by atoms with Gasteiger partial charge in [-0.25, -0.2) is 4.39 Å². The monoisotopic (exact) mass is 385 g/mol. The number of amides is 1. The third-order valence-electron chi connectivity index (χ3n) is 4.51. The Morgan fingerprint density at radius 2 is 2.11 bits per heavy atom. The number of hydrogen-bond donors (Lipinski definition) is 4. The second-order valence-electron chi connectivity index (χ2n) is 7.13. The minimum atomic E-state index is -1.58. The van der Waals surface area contributed by atoms with Gasteiger partial charge in [0.2, 0.25) is 0 Å². The van der Waals surface area contributed by atoms with Crippen LogP contribution in [-0.4, -0.2) is 51.1 Å². The molecule has 0 aliphatic carbocycles. The molecule has 8 heteroatoms. The molecule has 0 saturated carbocycles. The van der Waals surface area contributed by atoms with Crippen LogP contribution in [0.2, 0.25) is 0 Å². The molecule has 148 valence electrons. The number of carbonyl (C=O) groups excluding carboxylic acids is 1. The van der Waals surface area contributed by atoms with Gasteiger partial charge in [-0.05, 0) is 38.5 Å². The molecule has 0 fully saturated rings. The molecule has 4 N–H and O–H groups in total. The smallest absolute Gasteiger partial charge is 0.255 e. The summed E-state index contributed by atoms with van der Waals surface area (Å²) in [5.74, 6) is -0.453. The maximum Gasteiger partial charge on any atom is 0.255 e. The van der Waals surface area contributed by atoms with Gasteiger partial charge in [0, 0.05) is 29.9 Å². The first kappa shape index (κ1) is 19.8. The summed E-state index contributed by atoms with van der Waals surface area (Å²) < 4.78 is 14.0. The predicted octanol–water partition coefficient (Wildman–Crippen LogP) is 2.90. The molecular weight excluding hydrogens is 361 g/mol. The Morgan fingerprint density at radius 3 is 2.75 bits per heavy atom. The highest BCUT2D eigenvalue weighted by Gasteiger charge is 2.27. The number of pyridine rings is 1. The van der Waals surface area contributed by atoms with Crippen LogP contribution in [0.3, 0.4) is 0 Å². The lowest BCUT2D eigenvalue weighted by Crippen LogP contribution is -2.42. The molecule has 1 amide bonds. The number of nitrogens with one attached hydrogen (secondary N) is 3. The molecule has 1 aromatic carbocycles. The van der Waals surface area contributed by atoms with Gasteiger partial charge in [-0.1, -0.05) is 6.07 Å². The molecule has 2 aromatic heterocycles. The highest BCUT2D eigenvalue weighted by Crippen LogP contribution is 2.30. The standard InChI is InChI=1S/C20H24FN5O2/c1-4-22-18-14-7-12(13-8-25-26-9-13)5-6-16(14)23-10-15(18)19(27)24-11-17(21)20(2,3)28/h5-10,17,28H,4,11H2,1-3H3,(H,22,23)(H,24,27)(H,25,26). The van der Waals surface area contributed by atoms with Crippen molar-refractivity contribution < 1.29 is 14.3 Å². The third-order valence-corrected chi connectivity index (χ3v) is 4.51. The summed E-state index contributed by atoms with van der Waals surface area (Å²) in [6, 6.07) is 5.76. The topological polar surface area (TPSA) is 103 Å². The van der Waals surface area contributed by atoms with Crippen LogP contribution >= 0.6 is 0 Å². The summed E-state index contributed by atoms with van der Waals surface area (Å²) in [7, 11) is 0.